The average molecular weight is 216 g/mol. The minimum absolute atomic E-state index is 0.408. The van der Waals surface area contributed by atoms with Crippen LogP contribution in [0.25, 0.3) is 0 Å². The Hall–Kier alpha value is -0.390. The Morgan fingerprint density at radius 3 is 2.71 bits per heavy atom. The average Bonchev–Trinajstić information content (AvgIpc) is 2.51. The molecule has 2 aliphatic heterocycles. The molecule has 80 valence electrons. The van der Waals surface area contributed by atoms with Crippen LogP contribution < -0.4 is 0 Å². The van der Waals surface area contributed by atoms with Gasteiger partial charge in [0, 0.05) is 13.1 Å². The number of ether oxygens (including phenoxy) is 2. The van der Waals surface area contributed by atoms with E-state index in [1.807, 2.05) is 0 Å². The van der Waals surface area contributed by atoms with Gasteiger partial charge in [0.15, 0.2) is 0 Å². The summed E-state index contributed by atoms with van der Waals surface area (Å²) in [5.41, 5.74) is 0. The second-order valence-corrected chi connectivity index (χ2v) is 4.12. The standard InChI is InChI=1S/C9H16N2O2S/c1-8-6-13-9(14)11(8)7-10-2-4-12-5-3-10/h8H,2-7H2,1H3. The molecule has 1 unspecified atom stereocenters. The van der Waals surface area contributed by atoms with Crippen LogP contribution in [0.4, 0.5) is 0 Å². The first-order valence-corrected chi connectivity index (χ1v) is 5.41. The van der Waals surface area contributed by atoms with E-state index in [9.17, 15) is 0 Å². The first-order chi connectivity index (χ1) is 6.77. The molecule has 1 atom stereocenters. The molecule has 0 bridgehead atoms. The van der Waals surface area contributed by atoms with Crippen LogP contribution in [0.3, 0.4) is 0 Å². The van der Waals surface area contributed by atoms with Gasteiger partial charge >= 0.3 is 0 Å². The van der Waals surface area contributed by atoms with E-state index in [-0.39, 0.29) is 0 Å². The van der Waals surface area contributed by atoms with Crippen molar-refractivity contribution in [3.63, 3.8) is 0 Å². The highest BCUT2D eigenvalue weighted by atomic mass is 32.1. The summed E-state index contributed by atoms with van der Waals surface area (Å²) in [7, 11) is 0. The first-order valence-electron chi connectivity index (χ1n) is 5.01. The van der Waals surface area contributed by atoms with Crippen LogP contribution in [0.2, 0.25) is 0 Å². The molecule has 0 aromatic rings. The fourth-order valence-corrected chi connectivity index (χ4v) is 2.01. The van der Waals surface area contributed by atoms with Gasteiger partial charge < -0.3 is 14.4 Å². The highest BCUT2D eigenvalue weighted by Gasteiger charge is 2.27. The number of hydrogen-bond acceptors (Lipinski definition) is 4. The maximum absolute atomic E-state index is 5.32. The van der Waals surface area contributed by atoms with E-state index < -0.39 is 0 Å². The SMILES string of the molecule is CC1COC(=S)N1CN1CCOCC1. The molecule has 0 N–H and O–H groups in total. The topological polar surface area (TPSA) is 24.9 Å². The maximum atomic E-state index is 5.32. The van der Waals surface area contributed by atoms with E-state index in [0.29, 0.717) is 11.2 Å². The molecule has 0 aromatic carbocycles. The monoisotopic (exact) mass is 216 g/mol. The van der Waals surface area contributed by atoms with Crippen molar-refractivity contribution in [2.75, 3.05) is 39.6 Å². The van der Waals surface area contributed by atoms with Crippen molar-refractivity contribution < 1.29 is 9.47 Å². The van der Waals surface area contributed by atoms with Gasteiger partial charge in [-0.3, -0.25) is 4.90 Å². The van der Waals surface area contributed by atoms with Crippen molar-refractivity contribution >= 4 is 17.4 Å². The Kier molecular flexibility index (Phi) is 3.20. The van der Waals surface area contributed by atoms with Crippen LogP contribution in [0.1, 0.15) is 6.92 Å². The number of hydrogen-bond donors (Lipinski definition) is 0. The second kappa shape index (κ2) is 4.42. The van der Waals surface area contributed by atoms with Crippen LogP contribution >= 0.6 is 12.2 Å². The van der Waals surface area contributed by atoms with Gasteiger partial charge in [-0.2, -0.15) is 0 Å². The van der Waals surface area contributed by atoms with Crippen LogP contribution in [0.5, 0.6) is 0 Å². The van der Waals surface area contributed by atoms with E-state index in [0.717, 1.165) is 39.6 Å². The van der Waals surface area contributed by atoms with Gasteiger partial charge in [-0.1, -0.05) is 0 Å². The van der Waals surface area contributed by atoms with E-state index in [1.165, 1.54) is 0 Å². The molecule has 4 nitrogen and oxygen atoms in total. The molecule has 2 heterocycles. The molecular weight excluding hydrogens is 200 g/mol. The quantitative estimate of drug-likeness (QED) is 0.618. The fourth-order valence-electron chi connectivity index (χ4n) is 1.70. The maximum Gasteiger partial charge on any atom is 0.260 e. The normalized spacial score (nSPS) is 29.4. The van der Waals surface area contributed by atoms with Gasteiger partial charge in [0.05, 0.1) is 25.9 Å². The molecule has 2 saturated heterocycles. The smallest absolute Gasteiger partial charge is 0.260 e. The molecule has 5 heteroatoms. The van der Waals surface area contributed by atoms with Crippen LogP contribution in [0.15, 0.2) is 0 Å². The molecule has 0 saturated carbocycles. The molecule has 2 fully saturated rings. The Labute approximate surface area is 89.8 Å². The van der Waals surface area contributed by atoms with E-state index in [1.54, 1.807) is 0 Å². The van der Waals surface area contributed by atoms with Crippen molar-refractivity contribution in [2.45, 2.75) is 13.0 Å². The number of nitrogens with zero attached hydrogens (tertiary/aromatic N) is 2. The summed E-state index contributed by atoms with van der Waals surface area (Å²) in [6.07, 6.45) is 0. The molecule has 0 radical (unpaired) electrons. The van der Waals surface area contributed by atoms with Crippen LogP contribution in [-0.4, -0.2) is 60.6 Å². The fraction of sp³-hybridized carbons (Fsp3) is 0.889. The predicted molar refractivity (Wildman–Crippen MR) is 57.1 cm³/mol. The summed E-state index contributed by atoms with van der Waals surface area (Å²) in [5, 5.41) is 0.643. The van der Waals surface area contributed by atoms with E-state index >= 15 is 0 Å². The van der Waals surface area contributed by atoms with Crippen molar-refractivity contribution in [1.82, 2.24) is 9.80 Å². The Balaban J connectivity index is 1.85. The minimum atomic E-state index is 0.408. The van der Waals surface area contributed by atoms with Crippen molar-refractivity contribution in [3.8, 4) is 0 Å². The summed E-state index contributed by atoms with van der Waals surface area (Å²) in [5.74, 6) is 0. The van der Waals surface area contributed by atoms with Crippen LogP contribution in [-0.2, 0) is 9.47 Å². The van der Waals surface area contributed by atoms with Crippen LogP contribution in [0, 0.1) is 0 Å². The molecule has 0 spiro atoms. The van der Waals surface area contributed by atoms with Gasteiger partial charge in [0.2, 0.25) is 0 Å². The first kappa shape index (κ1) is 10.1. The van der Waals surface area contributed by atoms with Gasteiger partial charge in [-0.25, -0.2) is 0 Å². The molecule has 0 aliphatic carbocycles. The highest BCUT2D eigenvalue weighted by molar-refractivity contribution is 7.80. The number of morpholine rings is 1. The molecular formula is C9H16N2O2S. The highest BCUT2D eigenvalue weighted by Crippen LogP contribution is 2.13. The zero-order valence-electron chi connectivity index (χ0n) is 8.44. The third-order valence-corrected chi connectivity index (χ3v) is 3.02. The van der Waals surface area contributed by atoms with Crippen molar-refractivity contribution in [2.24, 2.45) is 0 Å². The minimum Gasteiger partial charge on any atom is -0.469 e. The van der Waals surface area contributed by atoms with Gasteiger partial charge in [-0.15, -0.1) is 0 Å². The molecule has 0 amide bonds. The number of thiocarbonyl (C=S) groups is 1. The zero-order chi connectivity index (χ0) is 9.97. The third-order valence-electron chi connectivity index (χ3n) is 2.67. The summed E-state index contributed by atoms with van der Waals surface area (Å²) < 4.78 is 10.6. The predicted octanol–water partition coefficient (Wildman–Crippen LogP) is 0.282. The lowest BCUT2D eigenvalue weighted by Gasteiger charge is -2.32. The van der Waals surface area contributed by atoms with Crippen molar-refractivity contribution in [1.29, 1.82) is 0 Å². The third kappa shape index (κ3) is 2.16. The van der Waals surface area contributed by atoms with Gasteiger partial charge in [-0.05, 0) is 19.1 Å². The van der Waals surface area contributed by atoms with E-state index in [2.05, 4.69) is 16.7 Å². The molecule has 2 aliphatic rings. The summed E-state index contributed by atoms with van der Waals surface area (Å²) in [4.78, 5) is 4.49. The Morgan fingerprint density at radius 1 is 1.43 bits per heavy atom. The summed E-state index contributed by atoms with van der Waals surface area (Å²) >= 11 is 5.13. The van der Waals surface area contributed by atoms with Gasteiger partial charge in [0.1, 0.15) is 6.61 Å². The molecule has 0 aromatic heterocycles. The molecule has 2 rings (SSSR count). The second-order valence-electron chi connectivity index (χ2n) is 3.77. The lowest BCUT2D eigenvalue weighted by molar-refractivity contribution is 0.0195. The molecule has 14 heavy (non-hydrogen) atoms. The Bertz CT molecular complexity index is 219. The van der Waals surface area contributed by atoms with Crippen molar-refractivity contribution in [3.05, 3.63) is 0 Å². The lowest BCUT2D eigenvalue weighted by atomic mass is 10.3. The van der Waals surface area contributed by atoms with E-state index in [4.69, 9.17) is 21.7 Å². The Morgan fingerprint density at radius 2 is 2.14 bits per heavy atom. The van der Waals surface area contributed by atoms with Gasteiger partial charge in [0.25, 0.3) is 5.17 Å². The summed E-state index contributed by atoms with van der Waals surface area (Å²) in [6.45, 7) is 7.38. The number of rotatable bonds is 2. The lowest BCUT2D eigenvalue weighted by Crippen LogP contribution is -2.46. The summed E-state index contributed by atoms with van der Waals surface area (Å²) in [6, 6.07) is 0.408. The zero-order valence-corrected chi connectivity index (χ0v) is 9.26. The largest absolute Gasteiger partial charge is 0.469 e.